The van der Waals surface area contributed by atoms with E-state index >= 15 is 0 Å². The molecule has 2 N–H and O–H groups in total. The van der Waals surface area contributed by atoms with Gasteiger partial charge in [-0.2, -0.15) is 0 Å². The first kappa shape index (κ1) is 22.4. The molecule has 0 saturated heterocycles. The van der Waals surface area contributed by atoms with Crippen molar-refractivity contribution in [1.82, 2.24) is 25.6 Å². The minimum Gasteiger partial charge on any atom is -0.354 e. The van der Waals surface area contributed by atoms with Crippen LogP contribution in [0.25, 0.3) is 0 Å². The molecule has 0 aliphatic heterocycles. The highest BCUT2D eigenvalue weighted by Crippen LogP contribution is 2.03. The third-order valence-electron chi connectivity index (χ3n) is 3.82. The summed E-state index contributed by atoms with van der Waals surface area (Å²) in [6.45, 7) is 5.55. The van der Waals surface area contributed by atoms with Crippen LogP contribution >= 0.6 is 0 Å². The quantitative estimate of drug-likeness (QED) is 0.400. The van der Waals surface area contributed by atoms with Gasteiger partial charge in [-0.1, -0.05) is 17.3 Å². The molecule has 0 aliphatic rings. The first-order chi connectivity index (χ1) is 14.0. The van der Waals surface area contributed by atoms with Crippen LogP contribution in [0.1, 0.15) is 29.9 Å². The summed E-state index contributed by atoms with van der Waals surface area (Å²) in [5.41, 5.74) is 0.872. The first-order valence-electron chi connectivity index (χ1n) is 9.44. The van der Waals surface area contributed by atoms with Crippen LogP contribution in [0, 0.1) is 5.82 Å². The van der Waals surface area contributed by atoms with Crippen molar-refractivity contribution in [2.24, 2.45) is 0 Å². The lowest BCUT2D eigenvalue weighted by molar-refractivity contribution is -0.145. The normalized spacial score (nSPS) is 10.9. The molecule has 0 aliphatic carbocycles. The monoisotopic (exact) mass is 407 g/mol. The molecule has 0 spiro atoms. The Morgan fingerprint density at radius 2 is 1.76 bits per heavy atom. The highest BCUT2D eigenvalue weighted by atomic mass is 19.1. The van der Waals surface area contributed by atoms with Crippen molar-refractivity contribution in [1.29, 1.82) is 0 Å². The van der Waals surface area contributed by atoms with Crippen molar-refractivity contribution in [3.63, 3.8) is 0 Å². The van der Waals surface area contributed by atoms with E-state index in [-0.39, 0.29) is 36.9 Å². The molecule has 0 radical (unpaired) electrons. The molecule has 158 valence electrons. The van der Waals surface area contributed by atoms with Crippen LogP contribution < -0.4 is 10.6 Å². The number of ether oxygens (including phenoxy) is 2. The fourth-order valence-corrected chi connectivity index (χ4v) is 2.49. The van der Waals surface area contributed by atoms with E-state index in [9.17, 15) is 14.0 Å². The second-order valence-corrected chi connectivity index (χ2v) is 6.08. The second-order valence-electron chi connectivity index (χ2n) is 6.08. The van der Waals surface area contributed by atoms with E-state index < -0.39 is 12.2 Å². The molecule has 0 saturated carbocycles. The minimum atomic E-state index is -0.459. The van der Waals surface area contributed by atoms with Crippen LogP contribution in [-0.4, -0.2) is 59.4 Å². The molecule has 0 bridgehead atoms. The molecule has 29 heavy (non-hydrogen) atoms. The van der Waals surface area contributed by atoms with Crippen LogP contribution in [0.15, 0.2) is 30.5 Å². The van der Waals surface area contributed by atoms with Gasteiger partial charge in [0.1, 0.15) is 5.82 Å². The molecule has 9 nitrogen and oxygen atoms in total. The summed E-state index contributed by atoms with van der Waals surface area (Å²) in [5.74, 6) is -0.955. The number of hydrogen-bond acceptors (Lipinski definition) is 6. The third-order valence-corrected chi connectivity index (χ3v) is 3.82. The van der Waals surface area contributed by atoms with Gasteiger partial charge in [0.25, 0.3) is 5.91 Å². The number of carbonyl (C=O) groups excluding carboxylic acids is 2. The molecule has 1 heterocycles. The molecule has 0 unspecified atom stereocenters. The Morgan fingerprint density at radius 1 is 1.10 bits per heavy atom. The van der Waals surface area contributed by atoms with Crippen LogP contribution in [0.4, 0.5) is 4.39 Å². The average molecular weight is 407 g/mol. The predicted octanol–water partition coefficient (Wildman–Crippen LogP) is 0.905. The van der Waals surface area contributed by atoms with Gasteiger partial charge in [-0.05, 0) is 31.5 Å². The van der Waals surface area contributed by atoms with Gasteiger partial charge in [-0.15, -0.1) is 5.10 Å². The van der Waals surface area contributed by atoms with Crippen LogP contribution in [0.5, 0.6) is 0 Å². The van der Waals surface area contributed by atoms with Crippen molar-refractivity contribution < 1.29 is 23.5 Å². The van der Waals surface area contributed by atoms with Gasteiger partial charge >= 0.3 is 0 Å². The van der Waals surface area contributed by atoms with Gasteiger partial charge < -0.3 is 20.1 Å². The molecule has 2 amide bonds. The van der Waals surface area contributed by atoms with Gasteiger partial charge in [0.15, 0.2) is 12.0 Å². The molecule has 0 atom stereocenters. The fourth-order valence-electron chi connectivity index (χ4n) is 2.49. The largest absolute Gasteiger partial charge is 0.354 e. The predicted molar refractivity (Wildman–Crippen MR) is 103 cm³/mol. The zero-order chi connectivity index (χ0) is 21.1. The van der Waals surface area contributed by atoms with E-state index in [0.29, 0.717) is 25.3 Å². The number of rotatable bonds is 12. The van der Waals surface area contributed by atoms with Crippen LogP contribution in [0.3, 0.4) is 0 Å². The summed E-state index contributed by atoms with van der Waals surface area (Å²) in [6, 6.07) is 5.73. The van der Waals surface area contributed by atoms with Gasteiger partial charge in [-0.3, -0.25) is 9.59 Å². The van der Waals surface area contributed by atoms with Crippen LogP contribution in [0.2, 0.25) is 0 Å². The number of nitrogens with zero attached hydrogens (tertiary/aromatic N) is 3. The topological polar surface area (TPSA) is 107 Å². The summed E-state index contributed by atoms with van der Waals surface area (Å²) >= 11 is 0. The lowest BCUT2D eigenvalue weighted by Gasteiger charge is -2.16. The number of benzene rings is 1. The Morgan fingerprint density at radius 3 is 2.41 bits per heavy atom. The molecule has 2 rings (SSSR count). The van der Waals surface area contributed by atoms with Gasteiger partial charge in [0.2, 0.25) is 5.91 Å². The van der Waals surface area contributed by atoms with E-state index in [4.69, 9.17) is 9.47 Å². The average Bonchev–Trinajstić information content (AvgIpc) is 3.16. The number of amides is 2. The van der Waals surface area contributed by atoms with Gasteiger partial charge in [0.05, 0.1) is 19.2 Å². The maximum atomic E-state index is 12.9. The first-order valence-corrected chi connectivity index (χ1v) is 9.44. The summed E-state index contributed by atoms with van der Waals surface area (Å²) in [7, 11) is 0. The minimum absolute atomic E-state index is 0.142. The van der Waals surface area contributed by atoms with Crippen molar-refractivity contribution in [3.8, 4) is 0 Å². The Hall–Kier alpha value is -2.85. The van der Waals surface area contributed by atoms with E-state index in [2.05, 4.69) is 20.9 Å². The number of halogens is 1. The Kier molecular flexibility index (Phi) is 9.19. The van der Waals surface area contributed by atoms with Crippen molar-refractivity contribution in [2.75, 3.05) is 26.3 Å². The van der Waals surface area contributed by atoms with Gasteiger partial charge in [-0.25, -0.2) is 9.07 Å². The van der Waals surface area contributed by atoms with Crippen molar-refractivity contribution in [2.45, 2.75) is 33.1 Å². The molecule has 1 aromatic heterocycles. The highest BCUT2D eigenvalue weighted by Gasteiger charge is 2.14. The van der Waals surface area contributed by atoms with E-state index in [1.54, 1.807) is 12.1 Å². The Labute approximate surface area is 168 Å². The molecule has 2 aromatic rings. The Bertz CT molecular complexity index is 775. The maximum Gasteiger partial charge on any atom is 0.273 e. The third kappa shape index (κ3) is 7.96. The standard InChI is InChI=1S/C19H26FN5O4/c1-3-28-18(29-4-2)13-25-12-16(23-24-25)19(27)22-10-9-21-17(26)11-14-5-7-15(20)8-6-14/h5-8,12,18H,3-4,9-11,13H2,1-2H3,(H,21,26)(H,22,27). The molecule has 1 aromatic carbocycles. The van der Waals surface area contributed by atoms with Gasteiger partial charge in [0, 0.05) is 26.3 Å². The highest BCUT2D eigenvalue weighted by molar-refractivity contribution is 5.91. The Balaban J connectivity index is 1.70. The number of aromatic nitrogens is 3. The zero-order valence-corrected chi connectivity index (χ0v) is 16.6. The summed E-state index contributed by atoms with van der Waals surface area (Å²) in [5, 5.41) is 13.1. The summed E-state index contributed by atoms with van der Waals surface area (Å²) < 4.78 is 25.2. The molecular weight excluding hydrogens is 381 g/mol. The van der Waals surface area contributed by atoms with Crippen LogP contribution in [-0.2, 0) is 27.2 Å². The molecule has 0 fully saturated rings. The lowest BCUT2D eigenvalue weighted by Crippen LogP contribution is -2.35. The maximum absolute atomic E-state index is 12.9. The van der Waals surface area contributed by atoms with Crippen molar-refractivity contribution in [3.05, 3.63) is 47.5 Å². The van der Waals surface area contributed by atoms with E-state index in [1.165, 1.54) is 23.0 Å². The fraction of sp³-hybridized carbons (Fsp3) is 0.474. The molecular formula is C19H26FN5O4. The smallest absolute Gasteiger partial charge is 0.273 e. The molecule has 10 heteroatoms. The summed E-state index contributed by atoms with van der Waals surface area (Å²) in [6.07, 6.45) is 1.19. The number of hydrogen-bond donors (Lipinski definition) is 2. The summed E-state index contributed by atoms with van der Waals surface area (Å²) in [4.78, 5) is 24.0. The lowest BCUT2D eigenvalue weighted by atomic mass is 10.1. The van der Waals surface area contributed by atoms with E-state index in [1.807, 2.05) is 13.8 Å². The van der Waals surface area contributed by atoms with Crippen molar-refractivity contribution >= 4 is 11.8 Å². The second kappa shape index (κ2) is 11.9. The number of carbonyl (C=O) groups is 2. The number of nitrogens with one attached hydrogen (secondary N) is 2. The zero-order valence-electron chi connectivity index (χ0n) is 16.6. The van der Waals surface area contributed by atoms with E-state index in [0.717, 1.165) is 0 Å². The SMILES string of the molecule is CCOC(Cn1cc(C(=O)NCCNC(=O)Cc2ccc(F)cc2)nn1)OCC.